The average Bonchev–Trinajstić information content (AvgIpc) is 2.60. The van der Waals surface area contributed by atoms with Gasteiger partial charge in [0.05, 0.1) is 11.5 Å². The molecule has 26 heavy (non-hydrogen) atoms. The van der Waals surface area contributed by atoms with Crippen LogP contribution >= 0.6 is 0 Å². The van der Waals surface area contributed by atoms with Crippen molar-refractivity contribution in [2.24, 2.45) is 0 Å². The molecule has 140 valence electrons. The lowest BCUT2D eigenvalue weighted by atomic mass is 10.2. The summed E-state index contributed by atoms with van der Waals surface area (Å²) in [5.74, 6) is -0.553. The first-order valence-corrected chi connectivity index (χ1v) is 7.79. The van der Waals surface area contributed by atoms with E-state index in [-0.39, 0.29) is 18.2 Å². The van der Waals surface area contributed by atoms with Crippen LogP contribution in [0.5, 0.6) is 5.88 Å². The molecule has 2 aromatic rings. The molecule has 1 aromatic carbocycles. The molecule has 0 saturated carbocycles. The molecule has 0 aliphatic heterocycles. The molecule has 10 heteroatoms. The fourth-order valence-electron chi connectivity index (χ4n) is 2.05. The Bertz CT molecular complexity index is 766. The van der Waals surface area contributed by atoms with E-state index in [2.05, 4.69) is 9.97 Å². The highest BCUT2D eigenvalue weighted by Gasteiger charge is 2.36. The number of hydrogen-bond donors (Lipinski definition) is 0. The van der Waals surface area contributed by atoms with Gasteiger partial charge < -0.3 is 9.64 Å². The van der Waals surface area contributed by atoms with Gasteiger partial charge in [0.2, 0.25) is 11.8 Å². The minimum absolute atomic E-state index is 0.0154. The molecule has 0 spiro atoms. The average molecular weight is 370 g/mol. The Morgan fingerprint density at radius 3 is 2.46 bits per heavy atom. The third-order valence-corrected chi connectivity index (χ3v) is 3.53. The van der Waals surface area contributed by atoms with Crippen LogP contribution in [0.3, 0.4) is 0 Å². The second-order valence-corrected chi connectivity index (χ2v) is 5.42. The molecule has 1 aromatic heterocycles. The molecule has 0 N–H and O–H groups in total. The number of non-ortho nitro benzene ring substituents is 1. The summed E-state index contributed by atoms with van der Waals surface area (Å²) in [6.45, 7) is 2.00. The SMILES string of the molecule is CCCCOc1nc(N(C)c2ccc([N+](=O)[O-])cc2)ncc1C(F)(F)F. The van der Waals surface area contributed by atoms with Crippen LogP contribution in [0.1, 0.15) is 25.3 Å². The number of rotatable bonds is 7. The molecule has 0 fully saturated rings. The molecule has 0 unspecified atom stereocenters. The zero-order valence-corrected chi connectivity index (χ0v) is 14.2. The second kappa shape index (κ2) is 7.98. The first kappa shape index (κ1) is 19.4. The largest absolute Gasteiger partial charge is 0.477 e. The van der Waals surface area contributed by atoms with Gasteiger partial charge in [-0.05, 0) is 18.6 Å². The number of alkyl halides is 3. The third-order valence-electron chi connectivity index (χ3n) is 3.53. The van der Waals surface area contributed by atoms with E-state index in [4.69, 9.17) is 4.74 Å². The van der Waals surface area contributed by atoms with Crippen LogP contribution in [-0.2, 0) is 6.18 Å². The topological polar surface area (TPSA) is 81.4 Å². The van der Waals surface area contributed by atoms with E-state index in [0.717, 1.165) is 6.42 Å². The number of hydrogen-bond acceptors (Lipinski definition) is 6. The van der Waals surface area contributed by atoms with Crippen LogP contribution in [0.25, 0.3) is 0 Å². The van der Waals surface area contributed by atoms with Crippen molar-refractivity contribution in [2.75, 3.05) is 18.6 Å². The fraction of sp³-hybridized carbons (Fsp3) is 0.375. The first-order valence-electron chi connectivity index (χ1n) is 7.79. The number of unbranched alkanes of at least 4 members (excludes halogenated alkanes) is 1. The van der Waals surface area contributed by atoms with Gasteiger partial charge in [-0.3, -0.25) is 10.1 Å². The van der Waals surface area contributed by atoms with E-state index in [1.807, 2.05) is 6.92 Å². The molecule has 0 radical (unpaired) electrons. The van der Waals surface area contributed by atoms with Gasteiger partial charge >= 0.3 is 6.18 Å². The summed E-state index contributed by atoms with van der Waals surface area (Å²) in [7, 11) is 1.54. The number of nitrogens with zero attached hydrogens (tertiary/aromatic N) is 4. The molecule has 0 bridgehead atoms. The molecule has 0 atom stereocenters. The highest BCUT2D eigenvalue weighted by atomic mass is 19.4. The Morgan fingerprint density at radius 2 is 1.92 bits per heavy atom. The van der Waals surface area contributed by atoms with Crippen molar-refractivity contribution >= 4 is 17.3 Å². The van der Waals surface area contributed by atoms with Gasteiger partial charge in [0.25, 0.3) is 5.69 Å². The highest BCUT2D eigenvalue weighted by molar-refractivity contribution is 5.58. The second-order valence-electron chi connectivity index (χ2n) is 5.42. The van der Waals surface area contributed by atoms with Gasteiger partial charge in [0, 0.05) is 31.1 Å². The summed E-state index contributed by atoms with van der Waals surface area (Å²) in [4.78, 5) is 19.2. The first-order chi connectivity index (χ1) is 12.2. The van der Waals surface area contributed by atoms with E-state index in [0.29, 0.717) is 18.3 Å². The number of nitro benzene ring substituents is 1. The number of benzene rings is 1. The number of nitro groups is 1. The van der Waals surface area contributed by atoms with Crippen molar-refractivity contribution in [3.8, 4) is 5.88 Å². The zero-order chi connectivity index (χ0) is 19.3. The predicted octanol–water partition coefficient (Wildman–Crippen LogP) is 4.35. The molecule has 7 nitrogen and oxygen atoms in total. The van der Waals surface area contributed by atoms with Crippen LogP contribution in [0.2, 0.25) is 0 Å². The van der Waals surface area contributed by atoms with Crippen LogP contribution in [-0.4, -0.2) is 28.5 Å². The summed E-state index contributed by atoms with van der Waals surface area (Å²) >= 11 is 0. The lowest BCUT2D eigenvalue weighted by Gasteiger charge is -2.19. The van der Waals surface area contributed by atoms with E-state index >= 15 is 0 Å². The van der Waals surface area contributed by atoms with Crippen molar-refractivity contribution in [1.29, 1.82) is 0 Å². The number of anilines is 2. The van der Waals surface area contributed by atoms with Crippen LogP contribution < -0.4 is 9.64 Å². The van der Waals surface area contributed by atoms with Gasteiger partial charge in [0.15, 0.2) is 0 Å². The summed E-state index contributed by atoms with van der Waals surface area (Å²) in [5.41, 5.74) is -0.664. The summed E-state index contributed by atoms with van der Waals surface area (Å²) in [6, 6.07) is 5.48. The molecular formula is C16H17F3N4O3. The Balaban J connectivity index is 2.32. The lowest BCUT2D eigenvalue weighted by Crippen LogP contribution is -2.17. The van der Waals surface area contributed by atoms with E-state index in [1.54, 1.807) is 7.05 Å². The van der Waals surface area contributed by atoms with Crippen molar-refractivity contribution < 1.29 is 22.8 Å². The van der Waals surface area contributed by atoms with Crippen molar-refractivity contribution in [2.45, 2.75) is 25.9 Å². The molecule has 0 amide bonds. The highest BCUT2D eigenvalue weighted by Crippen LogP contribution is 2.36. The third kappa shape index (κ3) is 4.58. The monoisotopic (exact) mass is 370 g/mol. The zero-order valence-electron chi connectivity index (χ0n) is 14.2. The summed E-state index contributed by atoms with van der Waals surface area (Å²) in [6.07, 6.45) is -2.60. The minimum atomic E-state index is -4.63. The van der Waals surface area contributed by atoms with Gasteiger partial charge in [-0.25, -0.2) is 4.98 Å². The smallest absolute Gasteiger partial charge is 0.423 e. The van der Waals surface area contributed by atoms with E-state index < -0.39 is 22.5 Å². The van der Waals surface area contributed by atoms with Crippen LogP contribution in [0.4, 0.5) is 30.5 Å². The maximum Gasteiger partial charge on any atom is 0.423 e. The molecule has 2 rings (SSSR count). The summed E-state index contributed by atoms with van der Waals surface area (Å²) in [5, 5.41) is 10.7. The van der Waals surface area contributed by atoms with Crippen molar-refractivity contribution in [3.05, 3.63) is 46.1 Å². The van der Waals surface area contributed by atoms with Crippen LogP contribution in [0, 0.1) is 10.1 Å². The van der Waals surface area contributed by atoms with Gasteiger partial charge in [-0.1, -0.05) is 13.3 Å². The Kier molecular flexibility index (Phi) is 5.96. The molecule has 0 saturated heterocycles. The van der Waals surface area contributed by atoms with E-state index in [1.165, 1.54) is 29.2 Å². The molecule has 0 aliphatic carbocycles. The van der Waals surface area contributed by atoms with E-state index in [9.17, 15) is 23.3 Å². The number of halogens is 3. The standard InChI is InChI=1S/C16H17F3N4O3/c1-3-4-9-26-14-13(16(17,18)19)10-20-15(21-14)22(2)11-5-7-12(8-6-11)23(24)25/h5-8,10H,3-4,9H2,1-2H3. The Labute approximate surface area is 147 Å². The van der Waals surface area contributed by atoms with Gasteiger partial charge in [-0.2, -0.15) is 18.2 Å². The van der Waals surface area contributed by atoms with Crippen molar-refractivity contribution in [1.82, 2.24) is 9.97 Å². The lowest BCUT2D eigenvalue weighted by molar-refractivity contribution is -0.384. The fourth-order valence-corrected chi connectivity index (χ4v) is 2.05. The Hall–Kier alpha value is -2.91. The van der Waals surface area contributed by atoms with Crippen LogP contribution in [0.15, 0.2) is 30.5 Å². The molecule has 0 aliphatic rings. The minimum Gasteiger partial charge on any atom is -0.477 e. The molecule has 1 heterocycles. The van der Waals surface area contributed by atoms with Gasteiger partial charge in [0.1, 0.15) is 5.56 Å². The maximum absolute atomic E-state index is 13.1. The summed E-state index contributed by atoms with van der Waals surface area (Å²) < 4.78 is 44.5. The number of ether oxygens (including phenoxy) is 1. The quantitative estimate of drug-likeness (QED) is 0.409. The normalized spacial score (nSPS) is 11.3. The number of aromatic nitrogens is 2. The van der Waals surface area contributed by atoms with Gasteiger partial charge in [-0.15, -0.1) is 0 Å². The molecular weight excluding hydrogens is 353 g/mol. The van der Waals surface area contributed by atoms with Crippen molar-refractivity contribution in [3.63, 3.8) is 0 Å². The maximum atomic E-state index is 13.1. The predicted molar refractivity (Wildman–Crippen MR) is 88.6 cm³/mol. The Morgan fingerprint density at radius 1 is 1.27 bits per heavy atom.